The first-order valence-electron chi connectivity index (χ1n) is 30.6. The lowest BCUT2D eigenvalue weighted by Crippen LogP contribution is -2.06. The summed E-state index contributed by atoms with van der Waals surface area (Å²) in [6, 6.07) is 55.5. The second kappa shape index (κ2) is 26.7. The standard InChI is InChI=1S/C74H70I3N7O/c1-6-11-20-46-33-47(21-12-7-2)35-52(34-46)70-80-73(55-38-50(24-15-10-5)41-58(77)44-55)83-74(82-70)62-45-51(29-31-64(62)84-63-27-18-16-26-61(63)67-65(84)32-30-60-59-25-17-19-28-66(59)85-68(60)67)69-78-71(53-36-48(22-13-8-3)39-56(75)42-53)81-72(79-69)54-37-49(23-14-9-4)40-57(76)43-54/h16-19,25-45H,6-15,20-24H2,1-5H3. The van der Waals surface area contributed by atoms with Gasteiger partial charge >= 0.3 is 0 Å². The van der Waals surface area contributed by atoms with E-state index in [9.17, 15) is 0 Å². The van der Waals surface area contributed by atoms with Gasteiger partial charge in [0.25, 0.3) is 0 Å². The summed E-state index contributed by atoms with van der Waals surface area (Å²) >= 11 is 7.36. The zero-order valence-corrected chi connectivity index (χ0v) is 55.7. The van der Waals surface area contributed by atoms with E-state index >= 15 is 0 Å². The second-order valence-corrected chi connectivity index (χ2v) is 26.5. The molecule has 0 radical (unpaired) electrons. The predicted octanol–water partition coefficient (Wildman–Crippen LogP) is 21.6. The first kappa shape index (κ1) is 58.9. The number of hydrogen-bond acceptors (Lipinski definition) is 7. The molecule has 12 rings (SSSR count). The molecule has 0 bridgehead atoms. The molecule has 0 atom stereocenters. The first-order valence-corrected chi connectivity index (χ1v) is 33.9. The molecule has 85 heavy (non-hydrogen) atoms. The van der Waals surface area contributed by atoms with Crippen LogP contribution in [0.5, 0.6) is 0 Å². The van der Waals surface area contributed by atoms with E-state index in [0.717, 1.165) is 190 Å². The van der Waals surface area contributed by atoms with Crippen LogP contribution in [0.4, 0.5) is 0 Å². The quantitative estimate of drug-likeness (QED) is 0.0624. The molecule has 12 aromatic rings. The molecule has 0 aliphatic heterocycles. The van der Waals surface area contributed by atoms with Gasteiger partial charge in [0.05, 0.1) is 22.1 Å². The van der Waals surface area contributed by atoms with Crippen molar-refractivity contribution in [1.82, 2.24) is 34.5 Å². The lowest BCUT2D eigenvalue weighted by Gasteiger charge is -2.17. The van der Waals surface area contributed by atoms with Crippen LogP contribution in [0.3, 0.4) is 0 Å². The molecule has 0 aliphatic rings. The average Bonchev–Trinajstić information content (AvgIpc) is 3.69. The molecule has 428 valence electrons. The molecule has 0 aliphatic carbocycles. The van der Waals surface area contributed by atoms with Gasteiger partial charge in [0, 0.05) is 60.2 Å². The largest absolute Gasteiger partial charge is 0.455 e. The molecular formula is C74H70I3N7O. The smallest absolute Gasteiger partial charge is 0.166 e. The Hall–Kier alpha value is -6.43. The van der Waals surface area contributed by atoms with E-state index in [1.54, 1.807) is 0 Å². The SMILES string of the molecule is CCCCc1cc(I)cc(-c2nc(-c3cc(I)cc(CCCC)c3)nc(-c3ccc(-n4c5ccccc5c5c6oc7ccccc7c6ccc54)c(-c4nc(-c5cc(I)cc(CCCC)c5)nc(-c5cc(CCCC)cc(CCCC)c5)n4)c3)n2)c1. The lowest BCUT2D eigenvalue weighted by atomic mass is 9.98. The summed E-state index contributed by atoms with van der Waals surface area (Å²) in [5, 5.41) is 4.32. The van der Waals surface area contributed by atoms with Gasteiger partial charge in [-0.05, 0) is 269 Å². The second-order valence-electron chi connectivity index (χ2n) is 22.7. The van der Waals surface area contributed by atoms with E-state index in [0.29, 0.717) is 34.9 Å². The van der Waals surface area contributed by atoms with Gasteiger partial charge in [0.1, 0.15) is 11.2 Å². The Morgan fingerprint density at radius 1 is 0.353 bits per heavy atom. The van der Waals surface area contributed by atoms with E-state index in [2.05, 4.69) is 253 Å². The minimum Gasteiger partial charge on any atom is -0.455 e. The maximum atomic E-state index is 6.85. The van der Waals surface area contributed by atoms with Crippen LogP contribution in [0.1, 0.15) is 127 Å². The maximum absolute atomic E-state index is 6.85. The van der Waals surface area contributed by atoms with Crippen molar-refractivity contribution in [1.29, 1.82) is 0 Å². The van der Waals surface area contributed by atoms with E-state index < -0.39 is 0 Å². The third kappa shape index (κ3) is 12.9. The minimum atomic E-state index is 0.557. The molecule has 8 nitrogen and oxygen atoms in total. The van der Waals surface area contributed by atoms with Gasteiger partial charge in [0.2, 0.25) is 0 Å². The summed E-state index contributed by atoms with van der Waals surface area (Å²) in [6.45, 7) is 11.3. The van der Waals surface area contributed by atoms with Crippen molar-refractivity contribution in [3.8, 4) is 74.0 Å². The van der Waals surface area contributed by atoms with Gasteiger partial charge < -0.3 is 8.98 Å². The highest BCUT2D eigenvalue weighted by Crippen LogP contribution is 2.43. The highest BCUT2D eigenvalue weighted by atomic mass is 127. The van der Waals surface area contributed by atoms with Crippen LogP contribution < -0.4 is 0 Å². The average molecular weight is 1450 g/mol. The number of furan rings is 1. The van der Waals surface area contributed by atoms with Gasteiger partial charge in [-0.1, -0.05) is 109 Å². The summed E-state index contributed by atoms with van der Waals surface area (Å²) in [5.41, 5.74) is 16.7. The Morgan fingerprint density at radius 3 is 1.25 bits per heavy atom. The third-order valence-corrected chi connectivity index (χ3v) is 18.1. The first-order chi connectivity index (χ1) is 41.6. The van der Waals surface area contributed by atoms with Crippen LogP contribution in [0, 0.1) is 10.7 Å². The molecule has 8 aromatic carbocycles. The van der Waals surface area contributed by atoms with Gasteiger partial charge in [-0.3, -0.25) is 0 Å². The van der Waals surface area contributed by atoms with Crippen LogP contribution in [0.2, 0.25) is 0 Å². The zero-order valence-electron chi connectivity index (χ0n) is 49.2. The molecule has 0 fully saturated rings. The Morgan fingerprint density at radius 2 is 0.765 bits per heavy atom. The Kier molecular flexibility index (Phi) is 18.5. The number of aryl methyl sites for hydroxylation is 5. The highest BCUT2D eigenvalue weighted by molar-refractivity contribution is 14.1. The van der Waals surface area contributed by atoms with Crippen molar-refractivity contribution < 1.29 is 4.42 Å². The molecule has 0 unspecified atom stereocenters. The number of para-hydroxylation sites is 2. The summed E-state index contributed by atoms with van der Waals surface area (Å²) in [4.78, 5) is 33.2. The Balaban J connectivity index is 1.16. The van der Waals surface area contributed by atoms with Crippen molar-refractivity contribution in [2.45, 2.75) is 131 Å². The third-order valence-electron chi connectivity index (χ3n) is 16.2. The van der Waals surface area contributed by atoms with Crippen LogP contribution in [-0.4, -0.2) is 34.5 Å². The summed E-state index contributed by atoms with van der Waals surface area (Å²) in [5.74, 6) is 3.68. The van der Waals surface area contributed by atoms with Crippen molar-refractivity contribution in [3.63, 3.8) is 0 Å². The zero-order chi connectivity index (χ0) is 58.6. The number of benzene rings is 8. The van der Waals surface area contributed by atoms with Gasteiger partial charge in [-0.2, -0.15) is 0 Å². The van der Waals surface area contributed by atoms with Gasteiger partial charge in [-0.15, -0.1) is 0 Å². The number of fused-ring (bicyclic) bond motifs is 7. The summed E-state index contributed by atoms with van der Waals surface area (Å²) in [7, 11) is 0. The molecule has 4 aromatic heterocycles. The van der Waals surface area contributed by atoms with Crippen LogP contribution in [-0.2, 0) is 32.1 Å². The van der Waals surface area contributed by atoms with Crippen LogP contribution in [0.15, 0.2) is 156 Å². The molecule has 0 saturated carbocycles. The highest BCUT2D eigenvalue weighted by Gasteiger charge is 2.25. The lowest BCUT2D eigenvalue weighted by molar-refractivity contribution is 0.673. The molecule has 0 saturated heterocycles. The van der Waals surface area contributed by atoms with Crippen LogP contribution in [0.25, 0.3) is 118 Å². The van der Waals surface area contributed by atoms with Gasteiger partial charge in [0.15, 0.2) is 34.9 Å². The number of unbranched alkanes of at least 4 members (excludes halogenated alkanes) is 5. The van der Waals surface area contributed by atoms with E-state index in [1.807, 2.05) is 6.07 Å². The molecule has 4 heterocycles. The molecule has 0 N–H and O–H groups in total. The molecule has 11 heteroatoms. The molecule has 0 amide bonds. The topological polar surface area (TPSA) is 95.4 Å². The van der Waals surface area contributed by atoms with Gasteiger partial charge in [-0.25, -0.2) is 29.9 Å². The number of rotatable bonds is 22. The fraction of sp³-hybridized carbons (Fsp3) is 0.270. The van der Waals surface area contributed by atoms with Crippen molar-refractivity contribution in [3.05, 3.63) is 190 Å². The summed E-state index contributed by atoms with van der Waals surface area (Å²) < 4.78 is 12.7. The summed E-state index contributed by atoms with van der Waals surface area (Å²) in [6.07, 6.45) is 16.0. The molecule has 0 spiro atoms. The number of halogens is 3. The van der Waals surface area contributed by atoms with Crippen molar-refractivity contribution >= 4 is 112 Å². The maximum Gasteiger partial charge on any atom is 0.166 e. The molecular weight excluding hydrogens is 1380 g/mol. The van der Waals surface area contributed by atoms with E-state index in [-0.39, 0.29) is 0 Å². The Labute approximate surface area is 540 Å². The predicted molar refractivity (Wildman–Crippen MR) is 379 cm³/mol. The van der Waals surface area contributed by atoms with Crippen molar-refractivity contribution in [2.75, 3.05) is 0 Å². The number of hydrogen-bond donors (Lipinski definition) is 0. The normalized spacial score (nSPS) is 11.8. The fourth-order valence-corrected chi connectivity index (χ4v) is 14.1. The monoisotopic (exact) mass is 1450 g/mol. The van der Waals surface area contributed by atoms with E-state index in [4.69, 9.17) is 34.3 Å². The van der Waals surface area contributed by atoms with Crippen molar-refractivity contribution in [2.24, 2.45) is 0 Å². The Bertz CT molecular complexity index is 4330. The number of nitrogens with zero attached hydrogens (tertiary/aromatic N) is 7. The van der Waals surface area contributed by atoms with E-state index in [1.165, 1.54) is 27.8 Å². The minimum absolute atomic E-state index is 0.557. The number of aromatic nitrogens is 7. The van der Waals surface area contributed by atoms with Crippen LogP contribution >= 0.6 is 67.8 Å². The fourth-order valence-electron chi connectivity index (χ4n) is 11.9.